The number of rotatable bonds is 4. The van der Waals surface area contributed by atoms with Crippen LogP contribution in [-0.4, -0.2) is 9.55 Å². The lowest BCUT2D eigenvalue weighted by molar-refractivity contribution is 0.625. The first-order valence-electron chi connectivity index (χ1n) is 5.78. The van der Waals surface area contributed by atoms with Gasteiger partial charge in [-0.3, -0.25) is 0 Å². The van der Waals surface area contributed by atoms with E-state index in [9.17, 15) is 0 Å². The first-order chi connectivity index (χ1) is 8.26. The maximum atomic E-state index is 8.84. The number of aryl methyl sites for hydroxylation is 1. The molecule has 0 unspecified atom stereocenters. The Balaban J connectivity index is 2.51. The van der Waals surface area contributed by atoms with Crippen molar-refractivity contribution < 1.29 is 0 Å². The molecule has 4 heteroatoms. The Morgan fingerprint density at radius 2 is 2.29 bits per heavy atom. The molecule has 0 saturated carbocycles. The van der Waals surface area contributed by atoms with Crippen molar-refractivity contribution in [1.29, 1.82) is 5.26 Å². The molecule has 0 fully saturated rings. The molecule has 0 saturated heterocycles. The fraction of sp³-hybridized carbons (Fsp3) is 0.385. The van der Waals surface area contributed by atoms with Crippen molar-refractivity contribution in [2.75, 3.05) is 0 Å². The SMILES string of the molecule is CCCCn1c(CC#N)nc2cc(Br)ccc21. The molecule has 0 aliphatic carbocycles. The number of hydrogen-bond donors (Lipinski definition) is 0. The molecule has 0 atom stereocenters. The summed E-state index contributed by atoms with van der Waals surface area (Å²) in [5, 5.41) is 8.84. The predicted molar refractivity (Wildman–Crippen MR) is 71.7 cm³/mol. The molecule has 0 radical (unpaired) electrons. The van der Waals surface area contributed by atoms with Crippen LogP contribution >= 0.6 is 15.9 Å². The van der Waals surface area contributed by atoms with Crippen LogP contribution in [0, 0.1) is 11.3 Å². The van der Waals surface area contributed by atoms with Gasteiger partial charge in [-0.15, -0.1) is 0 Å². The van der Waals surface area contributed by atoms with Gasteiger partial charge in [0.05, 0.1) is 23.5 Å². The maximum Gasteiger partial charge on any atom is 0.124 e. The molecule has 1 heterocycles. The number of benzene rings is 1. The fourth-order valence-corrected chi connectivity index (χ4v) is 2.27. The minimum absolute atomic E-state index is 0.371. The highest BCUT2D eigenvalue weighted by molar-refractivity contribution is 9.10. The van der Waals surface area contributed by atoms with Crippen LogP contribution < -0.4 is 0 Å². The largest absolute Gasteiger partial charge is 0.327 e. The number of fused-ring (bicyclic) bond motifs is 1. The molecule has 88 valence electrons. The monoisotopic (exact) mass is 291 g/mol. The van der Waals surface area contributed by atoms with Gasteiger partial charge in [0, 0.05) is 11.0 Å². The van der Waals surface area contributed by atoms with Crippen LogP contribution in [0.4, 0.5) is 0 Å². The van der Waals surface area contributed by atoms with Crippen molar-refractivity contribution in [3.05, 3.63) is 28.5 Å². The van der Waals surface area contributed by atoms with Crippen molar-refractivity contribution in [3.8, 4) is 6.07 Å². The third kappa shape index (κ3) is 2.50. The molecule has 0 aliphatic rings. The molecular weight excluding hydrogens is 278 g/mol. The van der Waals surface area contributed by atoms with Crippen LogP contribution in [0.15, 0.2) is 22.7 Å². The van der Waals surface area contributed by atoms with Gasteiger partial charge in [-0.05, 0) is 24.6 Å². The summed E-state index contributed by atoms with van der Waals surface area (Å²) in [6.07, 6.45) is 2.62. The van der Waals surface area contributed by atoms with E-state index in [0.29, 0.717) is 6.42 Å². The van der Waals surface area contributed by atoms with Crippen molar-refractivity contribution in [2.24, 2.45) is 0 Å². The predicted octanol–water partition coefficient (Wildman–Crippen LogP) is 3.66. The van der Waals surface area contributed by atoms with Crippen molar-refractivity contribution >= 4 is 27.0 Å². The van der Waals surface area contributed by atoms with E-state index in [4.69, 9.17) is 5.26 Å². The van der Waals surface area contributed by atoms with Gasteiger partial charge in [0.15, 0.2) is 0 Å². The van der Waals surface area contributed by atoms with E-state index in [1.807, 2.05) is 12.1 Å². The Labute approximate surface area is 109 Å². The lowest BCUT2D eigenvalue weighted by Crippen LogP contribution is -2.03. The van der Waals surface area contributed by atoms with Crippen molar-refractivity contribution in [3.63, 3.8) is 0 Å². The highest BCUT2D eigenvalue weighted by atomic mass is 79.9. The number of nitriles is 1. The zero-order valence-corrected chi connectivity index (χ0v) is 11.4. The van der Waals surface area contributed by atoms with Crippen LogP contribution in [0.1, 0.15) is 25.6 Å². The average molecular weight is 292 g/mol. The molecule has 0 N–H and O–H groups in total. The Kier molecular flexibility index (Phi) is 3.80. The van der Waals surface area contributed by atoms with E-state index in [2.05, 4.69) is 44.5 Å². The number of aromatic nitrogens is 2. The summed E-state index contributed by atoms with van der Waals surface area (Å²) in [6, 6.07) is 8.25. The quantitative estimate of drug-likeness (QED) is 0.862. The topological polar surface area (TPSA) is 41.6 Å². The first-order valence-corrected chi connectivity index (χ1v) is 6.57. The molecule has 2 rings (SSSR count). The van der Waals surface area contributed by atoms with Crippen LogP contribution in [0.2, 0.25) is 0 Å². The lowest BCUT2D eigenvalue weighted by atomic mass is 10.3. The van der Waals surface area contributed by atoms with E-state index in [1.165, 1.54) is 0 Å². The van der Waals surface area contributed by atoms with Crippen molar-refractivity contribution in [1.82, 2.24) is 9.55 Å². The molecular formula is C13H14BrN3. The number of imidazole rings is 1. The minimum Gasteiger partial charge on any atom is -0.327 e. The summed E-state index contributed by atoms with van der Waals surface area (Å²) in [5.41, 5.74) is 2.08. The van der Waals surface area contributed by atoms with E-state index in [-0.39, 0.29) is 0 Å². The number of halogens is 1. The zero-order chi connectivity index (χ0) is 12.3. The number of nitrogens with zero attached hydrogens (tertiary/aromatic N) is 3. The van der Waals surface area contributed by atoms with Gasteiger partial charge in [0.25, 0.3) is 0 Å². The third-order valence-electron chi connectivity index (χ3n) is 2.76. The summed E-state index contributed by atoms with van der Waals surface area (Å²) in [4.78, 5) is 4.53. The molecule has 2 aromatic rings. The van der Waals surface area contributed by atoms with Gasteiger partial charge in [-0.25, -0.2) is 4.98 Å². The summed E-state index contributed by atoms with van der Waals surface area (Å²) in [7, 11) is 0. The summed E-state index contributed by atoms with van der Waals surface area (Å²) >= 11 is 3.44. The second kappa shape index (κ2) is 5.33. The van der Waals surface area contributed by atoms with Gasteiger partial charge in [0.2, 0.25) is 0 Å². The second-order valence-corrected chi connectivity index (χ2v) is 4.92. The normalized spacial score (nSPS) is 10.6. The Morgan fingerprint density at radius 3 is 3.00 bits per heavy atom. The minimum atomic E-state index is 0.371. The second-order valence-electron chi connectivity index (χ2n) is 4.00. The molecule has 1 aromatic heterocycles. The van der Waals surface area contributed by atoms with Gasteiger partial charge in [-0.1, -0.05) is 29.3 Å². The van der Waals surface area contributed by atoms with Gasteiger partial charge >= 0.3 is 0 Å². The highest BCUT2D eigenvalue weighted by Crippen LogP contribution is 2.21. The van der Waals surface area contributed by atoms with Gasteiger partial charge in [0.1, 0.15) is 5.82 Å². The van der Waals surface area contributed by atoms with Gasteiger partial charge < -0.3 is 4.57 Å². The van der Waals surface area contributed by atoms with E-state index < -0.39 is 0 Å². The van der Waals surface area contributed by atoms with Crippen LogP contribution in [0.5, 0.6) is 0 Å². The molecule has 0 aliphatic heterocycles. The molecule has 0 spiro atoms. The van der Waals surface area contributed by atoms with Crippen molar-refractivity contribution in [2.45, 2.75) is 32.7 Å². The summed E-state index contributed by atoms with van der Waals surface area (Å²) in [5.74, 6) is 0.869. The lowest BCUT2D eigenvalue weighted by Gasteiger charge is -2.06. The highest BCUT2D eigenvalue weighted by Gasteiger charge is 2.09. The number of unbranched alkanes of at least 4 members (excludes halogenated alkanes) is 1. The smallest absolute Gasteiger partial charge is 0.124 e. The summed E-state index contributed by atoms with van der Waals surface area (Å²) < 4.78 is 3.18. The molecule has 3 nitrogen and oxygen atoms in total. The molecule has 1 aromatic carbocycles. The Bertz CT molecular complexity index is 566. The Hall–Kier alpha value is -1.34. The average Bonchev–Trinajstić information content (AvgIpc) is 2.63. The first kappa shape index (κ1) is 12.1. The van der Waals surface area contributed by atoms with Crippen LogP contribution in [0.25, 0.3) is 11.0 Å². The molecule has 0 amide bonds. The van der Waals surface area contributed by atoms with Crippen LogP contribution in [-0.2, 0) is 13.0 Å². The molecule has 17 heavy (non-hydrogen) atoms. The summed E-state index contributed by atoms with van der Waals surface area (Å²) in [6.45, 7) is 3.10. The zero-order valence-electron chi connectivity index (χ0n) is 9.78. The van der Waals surface area contributed by atoms with Gasteiger partial charge in [-0.2, -0.15) is 5.26 Å². The number of hydrogen-bond acceptors (Lipinski definition) is 2. The van der Waals surface area contributed by atoms with E-state index >= 15 is 0 Å². The van der Waals surface area contributed by atoms with E-state index in [1.54, 1.807) is 0 Å². The Morgan fingerprint density at radius 1 is 1.47 bits per heavy atom. The van der Waals surface area contributed by atoms with E-state index in [0.717, 1.165) is 40.7 Å². The third-order valence-corrected chi connectivity index (χ3v) is 3.26. The maximum absolute atomic E-state index is 8.84. The van der Waals surface area contributed by atoms with Crippen LogP contribution in [0.3, 0.4) is 0 Å². The fourth-order valence-electron chi connectivity index (χ4n) is 1.92. The molecule has 0 bridgehead atoms. The standard InChI is InChI=1S/C13H14BrN3/c1-2-3-8-17-12-5-4-10(14)9-11(12)16-13(17)6-7-15/h4-5,9H,2-3,6,8H2,1H3.